The van der Waals surface area contributed by atoms with E-state index in [1.165, 1.54) is 244 Å². The number of phosphoric acid groups is 1. The third-order valence-electron chi connectivity index (χ3n) is 12.7. The molecule has 3 N–H and O–H groups in total. The van der Waals surface area contributed by atoms with Gasteiger partial charge in [0.2, 0.25) is 0 Å². The number of phosphoric ester groups is 1. The number of nitrogens with two attached hydrogens (primary N) is 1. The van der Waals surface area contributed by atoms with E-state index in [1.807, 2.05) is 0 Å². The molecule has 0 bridgehead atoms. The zero-order valence-electron chi connectivity index (χ0n) is 42.8. The summed E-state index contributed by atoms with van der Waals surface area (Å²) in [6.07, 6.45) is 61.2. The van der Waals surface area contributed by atoms with Gasteiger partial charge in [0.1, 0.15) is 6.10 Å². The Balaban J connectivity index is 3.85. The summed E-state index contributed by atoms with van der Waals surface area (Å²) in [5.74, 6) is -0.322. The molecule has 2 atom stereocenters. The maximum absolute atomic E-state index is 12.7. The van der Waals surface area contributed by atoms with Gasteiger partial charge in [-0.05, 0) is 38.5 Å². The molecule has 0 fully saturated rings. The van der Waals surface area contributed by atoms with Crippen LogP contribution in [0.25, 0.3) is 0 Å². The van der Waals surface area contributed by atoms with Crippen LogP contribution in [-0.4, -0.2) is 49.9 Å². The van der Waals surface area contributed by atoms with Crippen LogP contribution in [0.2, 0.25) is 0 Å². The average molecular weight is 928 g/mol. The van der Waals surface area contributed by atoms with Crippen molar-refractivity contribution >= 4 is 13.8 Å². The lowest BCUT2D eigenvalue weighted by Crippen LogP contribution is -2.28. The first-order valence-electron chi connectivity index (χ1n) is 28.2. The van der Waals surface area contributed by atoms with E-state index in [2.05, 4.69) is 26.0 Å². The van der Waals surface area contributed by atoms with Gasteiger partial charge in [-0.3, -0.25) is 13.8 Å². The van der Waals surface area contributed by atoms with Gasteiger partial charge in [0, 0.05) is 19.6 Å². The Hall–Kier alpha value is -0.760. The van der Waals surface area contributed by atoms with Crippen LogP contribution in [0.15, 0.2) is 12.2 Å². The number of hydrogen-bond donors (Lipinski definition) is 2. The summed E-state index contributed by atoms with van der Waals surface area (Å²) < 4.78 is 33.7. The average Bonchev–Trinajstić information content (AvgIpc) is 3.29. The van der Waals surface area contributed by atoms with Crippen LogP contribution in [0.3, 0.4) is 0 Å². The van der Waals surface area contributed by atoms with Crippen molar-refractivity contribution in [3.8, 4) is 0 Å². The number of carbonyl (C=O) groups excluding carboxylic acids is 1. The van der Waals surface area contributed by atoms with Crippen LogP contribution >= 0.6 is 7.82 Å². The van der Waals surface area contributed by atoms with Crippen molar-refractivity contribution in [1.29, 1.82) is 0 Å². The Kier molecular flexibility index (Phi) is 52.6. The SMILES string of the molecule is CCCCCCCCCC/C=C\CCCCCCCCCCCCOCC(COP(=O)(O)OCCN)OC(=O)CCCCCCCCCCCCCCCCCCCCCCCCC. The van der Waals surface area contributed by atoms with Crippen LogP contribution in [0.5, 0.6) is 0 Å². The second-order valence-electron chi connectivity index (χ2n) is 19.2. The second kappa shape index (κ2) is 53.2. The van der Waals surface area contributed by atoms with Gasteiger partial charge in [0.05, 0.1) is 19.8 Å². The van der Waals surface area contributed by atoms with Crippen LogP contribution in [0.4, 0.5) is 0 Å². The van der Waals surface area contributed by atoms with E-state index in [0.29, 0.717) is 13.0 Å². The van der Waals surface area contributed by atoms with Gasteiger partial charge >= 0.3 is 13.8 Å². The Morgan fingerprint density at radius 3 is 1.14 bits per heavy atom. The normalized spacial score (nSPS) is 13.2. The van der Waals surface area contributed by atoms with Crippen molar-refractivity contribution in [2.45, 2.75) is 302 Å². The molecule has 0 spiro atoms. The lowest BCUT2D eigenvalue weighted by molar-refractivity contribution is -0.154. The molecule has 0 aliphatic heterocycles. The van der Waals surface area contributed by atoms with Gasteiger partial charge in [-0.1, -0.05) is 264 Å². The third-order valence-corrected chi connectivity index (χ3v) is 13.7. The van der Waals surface area contributed by atoms with Crippen molar-refractivity contribution in [3.05, 3.63) is 12.2 Å². The third kappa shape index (κ3) is 52.2. The maximum atomic E-state index is 12.7. The van der Waals surface area contributed by atoms with Crippen molar-refractivity contribution in [3.63, 3.8) is 0 Å². The molecule has 2 unspecified atom stereocenters. The van der Waals surface area contributed by atoms with E-state index in [0.717, 1.165) is 32.1 Å². The minimum absolute atomic E-state index is 0.0917. The first-order chi connectivity index (χ1) is 31.4. The summed E-state index contributed by atoms with van der Waals surface area (Å²) in [6.45, 7) is 5.00. The number of unbranched alkanes of at least 4 members (excludes halogenated alkanes) is 40. The molecule has 0 saturated carbocycles. The molecular weight excluding hydrogens is 818 g/mol. The molecule has 0 heterocycles. The van der Waals surface area contributed by atoms with E-state index in [4.69, 9.17) is 24.3 Å². The quantitative estimate of drug-likeness (QED) is 0.0268. The van der Waals surface area contributed by atoms with Crippen molar-refractivity contribution in [2.24, 2.45) is 5.73 Å². The number of hydrogen-bond acceptors (Lipinski definition) is 7. The van der Waals surface area contributed by atoms with E-state index < -0.39 is 13.9 Å². The molecule has 0 amide bonds. The minimum atomic E-state index is -4.28. The molecular formula is C55H110NO7P. The fourth-order valence-corrected chi connectivity index (χ4v) is 9.29. The molecule has 0 aromatic carbocycles. The zero-order valence-corrected chi connectivity index (χ0v) is 43.7. The summed E-state index contributed by atoms with van der Waals surface area (Å²) in [5, 5.41) is 0. The Morgan fingerprint density at radius 2 is 0.781 bits per heavy atom. The number of rotatable bonds is 55. The van der Waals surface area contributed by atoms with E-state index in [-0.39, 0.29) is 32.3 Å². The van der Waals surface area contributed by atoms with E-state index in [9.17, 15) is 14.3 Å². The van der Waals surface area contributed by atoms with Gasteiger partial charge in [0.15, 0.2) is 0 Å². The van der Waals surface area contributed by atoms with Gasteiger partial charge in [-0.2, -0.15) is 0 Å². The minimum Gasteiger partial charge on any atom is -0.457 e. The first-order valence-corrected chi connectivity index (χ1v) is 29.7. The van der Waals surface area contributed by atoms with Crippen LogP contribution in [-0.2, 0) is 27.9 Å². The second-order valence-corrected chi connectivity index (χ2v) is 20.6. The predicted molar refractivity (Wildman–Crippen MR) is 275 cm³/mol. The van der Waals surface area contributed by atoms with Crippen molar-refractivity contribution in [1.82, 2.24) is 0 Å². The fourth-order valence-electron chi connectivity index (χ4n) is 8.53. The summed E-state index contributed by atoms with van der Waals surface area (Å²) in [4.78, 5) is 22.6. The fraction of sp³-hybridized carbons (Fsp3) is 0.945. The lowest BCUT2D eigenvalue weighted by Gasteiger charge is -2.20. The molecule has 9 heteroatoms. The summed E-state index contributed by atoms with van der Waals surface area (Å²) >= 11 is 0. The topological polar surface area (TPSA) is 117 Å². The number of esters is 1. The molecule has 0 aromatic heterocycles. The highest BCUT2D eigenvalue weighted by molar-refractivity contribution is 7.47. The van der Waals surface area contributed by atoms with Crippen LogP contribution in [0.1, 0.15) is 296 Å². The summed E-state index contributed by atoms with van der Waals surface area (Å²) in [5.41, 5.74) is 5.40. The van der Waals surface area contributed by atoms with Gasteiger partial charge in [-0.15, -0.1) is 0 Å². The highest BCUT2D eigenvalue weighted by Gasteiger charge is 2.25. The van der Waals surface area contributed by atoms with Gasteiger partial charge in [-0.25, -0.2) is 4.57 Å². The van der Waals surface area contributed by atoms with Gasteiger partial charge < -0.3 is 20.1 Å². The van der Waals surface area contributed by atoms with Crippen molar-refractivity contribution in [2.75, 3.05) is 33.0 Å². The molecule has 0 saturated heterocycles. The highest BCUT2D eigenvalue weighted by Crippen LogP contribution is 2.43. The smallest absolute Gasteiger partial charge is 0.457 e. The van der Waals surface area contributed by atoms with Crippen LogP contribution < -0.4 is 5.73 Å². The molecule has 0 aliphatic carbocycles. The Bertz CT molecular complexity index is 997. The van der Waals surface area contributed by atoms with Crippen LogP contribution in [0, 0.1) is 0 Å². The largest absolute Gasteiger partial charge is 0.472 e. The zero-order chi connectivity index (χ0) is 46.5. The lowest BCUT2D eigenvalue weighted by atomic mass is 10.0. The molecule has 0 aromatic rings. The summed E-state index contributed by atoms with van der Waals surface area (Å²) in [7, 11) is -4.28. The number of allylic oxidation sites excluding steroid dienone is 2. The predicted octanol–water partition coefficient (Wildman–Crippen LogP) is 17.8. The standard InChI is InChI=1S/C55H110NO7P/c1-3-5-7-9-11-13-15-17-19-21-23-25-27-28-30-32-34-36-38-40-42-44-46-48-55(57)63-54(53-62-64(58,59)61-51-49-56)52-60-50-47-45-43-41-39-37-35-33-31-29-26-24-22-20-18-16-14-12-10-8-6-4-2/h22,24,54H,3-21,23,25-53,56H2,1-2H3,(H,58,59)/b24-22-. The van der Waals surface area contributed by atoms with E-state index in [1.54, 1.807) is 0 Å². The number of ether oxygens (including phenoxy) is 2. The first kappa shape index (κ1) is 63.2. The molecule has 0 rings (SSSR count). The molecule has 64 heavy (non-hydrogen) atoms. The Morgan fingerprint density at radius 1 is 0.453 bits per heavy atom. The monoisotopic (exact) mass is 928 g/mol. The van der Waals surface area contributed by atoms with Crippen molar-refractivity contribution < 1.29 is 32.8 Å². The molecule has 0 radical (unpaired) electrons. The molecule has 382 valence electrons. The van der Waals surface area contributed by atoms with Gasteiger partial charge in [0.25, 0.3) is 0 Å². The molecule has 0 aliphatic rings. The summed E-state index contributed by atoms with van der Waals surface area (Å²) in [6, 6.07) is 0. The maximum Gasteiger partial charge on any atom is 0.472 e. The Labute approximate surface area is 398 Å². The van der Waals surface area contributed by atoms with E-state index >= 15 is 0 Å². The number of carbonyl (C=O) groups is 1. The highest BCUT2D eigenvalue weighted by atomic mass is 31.2. The molecule has 8 nitrogen and oxygen atoms in total.